The van der Waals surface area contributed by atoms with E-state index in [1.807, 2.05) is 32.9 Å². The normalized spacial score (nSPS) is 14.1. The summed E-state index contributed by atoms with van der Waals surface area (Å²) in [6, 6.07) is 4.21. The fourth-order valence-corrected chi connectivity index (χ4v) is 1.95. The lowest BCUT2D eigenvalue weighted by atomic mass is 10.0. The number of primary amides is 1. The second-order valence-corrected chi connectivity index (χ2v) is 4.90. The van der Waals surface area contributed by atoms with Gasteiger partial charge in [0, 0.05) is 6.04 Å². The molecule has 1 amide bonds. The minimum absolute atomic E-state index is 0.125. The van der Waals surface area contributed by atoms with E-state index in [4.69, 9.17) is 16.2 Å². The lowest BCUT2D eigenvalue weighted by molar-refractivity contribution is -0.124. The van der Waals surface area contributed by atoms with Gasteiger partial charge in [-0.05, 0) is 50.8 Å². The number of benzene rings is 1. The molecule has 0 saturated carbocycles. The number of hydrogen-bond acceptors (Lipinski definition) is 3. The molecule has 0 aliphatic carbocycles. The molecule has 0 fully saturated rings. The van der Waals surface area contributed by atoms with Gasteiger partial charge in [-0.1, -0.05) is 12.1 Å². The molecule has 2 atom stereocenters. The van der Waals surface area contributed by atoms with Crippen molar-refractivity contribution < 1.29 is 9.53 Å². The van der Waals surface area contributed by atoms with E-state index in [0.717, 1.165) is 23.3 Å². The van der Waals surface area contributed by atoms with E-state index in [2.05, 4.69) is 0 Å². The molecular weight excluding hydrogens is 228 g/mol. The molecule has 4 nitrogen and oxygen atoms in total. The average Bonchev–Trinajstić information content (AvgIpc) is 2.21. The van der Waals surface area contributed by atoms with Crippen LogP contribution in [0.4, 0.5) is 0 Å². The minimum atomic E-state index is -0.623. The number of aryl methyl sites for hydroxylation is 2. The Morgan fingerprint density at radius 1 is 1.28 bits per heavy atom. The Balaban J connectivity index is 2.97. The largest absolute Gasteiger partial charge is 0.480 e. The molecule has 1 aromatic rings. The molecule has 0 saturated heterocycles. The Morgan fingerprint density at radius 3 is 2.17 bits per heavy atom. The SMILES string of the molecule is Cc1cc(CC(C)N)cc(C)c1OC(C)C(N)=O. The number of amides is 1. The highest BCUT2D eigenvalue weighted by molar-refractivity contribution is 5.78. The number of ether oxygens (including phenoxy) is 1. The molecule has 0 bridgehead atoms. The number of carbonyl (C=O) groups is 1. The van der Waals surface area contributed by atoms with E-state index in [0.29, 0.717) is 0 Å². The van der Waals surface area contributed by atoms with Gasteiger partial charge in [-0.2, -0.15) is 0 Å². The van der Waals surface area contributed by atoms with Crippen LogP contribution < -0.4 is 16.2 Å². The molecule has 0 aliphatic heterocycles. The smallest absolute Gasteiger partial charge is 0.258 e. The quantitative estimate of drug-likeness (QED) is 0.830. The topological polar surface area (TPSA) is 78.3 Å². The standard InChI is InChI=1S/C14H22N2O2/c1-8-5-12(7-10(3)15)6-9(2)13(8)18-11(4)14(16)17/h5-6,10-11H,7,15H2,1-4H3,(H2,16,17). The summed E-state index contributed by atoms with van der Waals surface area (Å²) in [5.74, 6) is 0.267. The molecule has 1 rings (SSSR count). The first-order chi connectivity index (χ1) is 8.31. The minimum Gasteiger partial charge on any atom is -0.480 e. The third-order valence-corrected chi connectivity index (χ3v) is 2.77. The monoisotopic (exact) mass is 250 g/mol. The van der Waals surface area contributed by atoms with Crippen molar-refractivity contribution in [2.24, 2.45) is 11.5 Å². The van der Waals surface area contributed by atoms with Gasteiger partial charge < -0.3 is 16.2 Å². The zero-order valence-electron chi connectivity index (χ0n) is 11.5. The lowest BCUT2D eigenvalue weighted by Gasteiger charge is -2.17. The van der Waals surface area contributed by atoms with Gasteiger partial charge in [0.15, 0.2) is 6.10 Å². The predicted octanol–water partition coefficient (Wildman–Crippen LogP) is 1.45. The van der Waals surface area contributed by atoms with Gasteiger partial charge in [0.2, 0.25) is 0 Å². The molecule has 4 heteroatoms. The summed E-state index contributed by atoms with van der Waals surface area (Å²) in [6.07, 6.45) is 0.203. The molecule has 1 aromatic carbocycles. The van der Waals surface area contributed by atoms with Crippen molar-refractivity contribution in [3.8, 4) is 5.75 Å². The molecule has 0 aliphatic rings. The second-order valence-electron chi connectivity index (χ2n) is 4.90. The molecular formula is C14H22N2O2. The highest BCUT2D eigenvalue weighted by Crippen LogP contribution is 2.26. The fraction of sp³-hybridized carbons (Fsp3) is 0.500. The van der Waals surface area contributed by atoms with Gasteiger partial charge >= 0.3 is 0 Å². The van der Waals surface area contributed by atoms with Crippen molar-refractivity contribution in [1.82, 2.24) is 0 Å². The van der Waals surface area contributed by atoms with E-state index in [1.165, 1.54) is 5.56 Å². The summed E-state index contributed by atoms with van der Waals surface area (Å²) < 4.78 is 5.59. The first kappa shape index (κ1) is 14.5. The van der Waals surface area contributed by atoms with Gasteiger partial charge in [0.1, 0.15) is 5.75 Å². The molecule has 4 N–H and O–H groups in total. The van der Waals surface area contributed by atoms with Gasteiger partial charge in [0.25, 0.3) is 5.91 Å². The summed E-state index contributed by atoms with van der Waals surface area (Å²) in [7, 11) is 0. The third kappa shape index (κ3) is 3.74. The summed E-state index contributed by atoms with van der Waals surface area (Å²) in [5.41, 5.74) is 14.2. The Bertz CT molecular complexity index is 418. The van der Waals surface area contributed by atoms with E-state index >= 15 is 0 Å². The highest BCUT2D eigenvalue weighted by atomic mass is 16.5. The van der Waals surface area contributed by atoms with E-state index < -0.39 is 12.0 Å². The summed E-state index contributed by atoms with van der Waals surface area (Å²) >= 11 is 0. The molecule has 0 heterocycles. The van der Waals surface area contributed by atoms with Crippen molar-refractivity contribution in [1.29, 1.82) is 0 Å². The van der Waals surface area contributed by atoms with Gasteiger partial charge in [-0.3, -0.25) is 4.79 Å². The van der Waals surface area contributed by atoms with Crippen LogP contribution in [-0.2, 0) is 11.2 Å². The van der Waals surface area contributed by atoms with Crippen LogP contribution in [0.15, 0.2) is 12.1 Å². The Labute approximate surface area is 108 Å². The van der Waals surface area contributed by atoms with Crippen molar-refractivity contribution in [2.75, 3.05) is 0 Å². The van der Waals surface area contributed by atoms with Gasteiger partial charge in [0.05, 0.1) is 0 Å². The fourth-order valence-electron chi connectivity index (χ4n) is 1.95. The summed E-state index contributed by atoms with van der Waals surface area (Å²) in [5, 5.41) is 0. The van der Waals surface area contributed by atoms with Crippen molar-refractivity contribution in [2.45, 2.75) is 46.3 Å². The van der Waals surface area contributed by atoms with Crippen LogP contribution in [-0.4, -0.2) is 18.1 Å². The Kier molecular flexibility index (Phi) is 4.73. The molecule has 2 unspecified atom stereocenters. The molecule has 0 spiro atoms. The van der Waals surface area contributed by atoms with Gasteiger partial charge in [-0.25, -0.2) is 0 Å². The van der Waals surface area contributed by atoms with Crippen LogP contribution in [0.25, 0.3) is 0 Å². The maximum Gasteiger partial charge on any atom is 0.258 e. The Hall–Kier alpha value is -1.55. The first-order valence-corrected chi connectivity index (χ1v) is 6.13. The molecule has 100 valence electrons. The molecule has 0 radical (unpaired) electrons. The summed E-state index contributed by atoms with van der Waals surface area (Å²) in [6.45, 7) is 7.54. The number of rotatable bonds is 5. The van der Waals surface area contributed by atoms with E-state index in [-0.39, 0.29) is 6.04 Å². The first-order valence-electron chi connectivity index (χ1n) is 6.13. The zero-order valence-corrected chi connectivity index (χ0v) is 11.5. The third-order valence-electron chi connectivity index (χ3n) is 2.77. The maximum absolute atomic E-state index is 11.0. The summed E-state index contributed by atoms with van der Waals surface area (Å²) in [4.78, 5) is 11.0. The second kappa shape index (κ2) is 5.87. The number of carbonyl (C=O) groups excluding carboxylic acids is 1. The van der Waals surface area contributed by atoms with Crippen molar-refractivity contribution >= 4 is 5.91 Å². The van der Waals surface area contributed by atoms with Crippen LogP contribution >= 0.6 is 0 Å². The lowest BCUT2D eigenvalue weighted by Crippen LogP contribution is -2.31. The number of hydrogen-bond donors (Lipinski definition) is 2. The Morgan fingerprint density at radius 2 is 1.78 bits per heavy atom. The van der Waals surface area contributed by atoms with Crippen molar-refractivity contribution in [3.63, 3.8) is 0 Å². The van der Waals surface area contributed by atoms with Crippen LogP contribution in [0, 0.1) is 13.8 Å². The van der Waals surface area contributed by atoms with Crippen LogP contribution in [0.2, 0.25) is 0 Å². The number of nitrogens with two attached hydrogens (primary N) is 2. The zero-order chi connectivity index (χ0) is 13.9. The van der Waals surface area contributed by atoms with Crippen LogP contribution in [0.1, 0.15) is 30.5 Å². The molecule has 18 heavy (non-hydrogen) atoms. The maximum atomic E-state index is 11.0. The van der Waals surface area contributed by atoms with Crippen LogP contribution in [0.3, 0.4) is 0 Å². The average molecular weight is 250 g/mol. The predicted molar refractivity (Wildman–Crippen MR) is 72.6 cm³/mol. The molecule has 0 aromatic heterocycles. The van der Waals surface area contributed by atoms with Crippen molar-refractivity contribution in [3.05, 3.63) is 28.8 Å². The van der Waals surface area contributed by atoms with E-state index in [9.17, 15) is 4.79 Å². The highest BCUT2D eigenvalue weighted by Gasteiger charge is 2.14. The van der Waals surface area contributed by atoms with Gasteiger partial charge in [-0.15, -0.1) is 0 Å². The van der Waals surface area contributed by atoms with Crippen LogP contribution in [0.5, 0.6) is 5.75 Å². The van der Waals surface area contributed by atoms with E-state index in [1.54, 1.807) is 6.92 Å².